The van der Waals surface area contributed by atoms with Crippen molar-refractivity contribution >= 4 is 10.0 Å². The second-order valence-electron chi connectivity index (χ2n) is 5.08. The van der Waals surface area contributed by atoms with E-state index in [1.807, 2.05) is 57.2 Å². The third kappa shape index (κ3) is 3.46. The minimum Gasteiger partial charge on any atom is -0.207 e. The predicted molar refractivity (Wildman–Crippen MR) is 81.1 cm³/mol. The second kappa shape index (κ2) is 5.77. The molecule has 0 aliphatic rings. The molecule has 3 nitrogen and oxygen atoms in total. The Hall–Kier alpha value is -1.65. The largest absolute Gasteiger partial charge is 0.241 e. The van der Waals surface area contributed by atoms with Crippen molar-refractivity contribution in [3.8, 4) is 0 Å². The summed E-state index contributed by atoms with van der Waals surface area (Å²) in [5.74, 6) is 0. The van der Waals surface area contributed by atoms with Crippen molar-refractivity contribution in [3.63, 3.8) is 0 Å². The summed E-state index contributed by atoms with van der Waals surface area (Å²) in [5, 5.41) is 0. The van der Waals surface area contributed by atoms with Crippen molar-refractivity contribution in [2.24, 2.45) is 0 Å². The van der Waals surface area contributed by atoms with Gasteiger partial charge in [-0.1, -0.05) is 47.5 Å². The lowest BCUT2D eigenvalue weighted by Crippen LogP contribution is -2.24. The summed E-state index contributed by atoms with van der Waals surface area (Å²) in [6.45, 7) is 6.07. The maximum Gasteiger partial charge on any atom is 0.241 e. The van der Waals surface area contributed by atoms with E-state index < -0.39 is 10.0 Å². The molecule has 0 saturated heterocycles. The molecule has 0 aromatic heterocycles. The van der Waals surface area contributed by atoms with Gasteiger partial charge in [-0.15, -0.1) is 0 Å². The smallest absolute Gasteiger partial charge is 0.207 e. The van der Waals surface area contributed by atoms with Crippen LogP contribution in [0.15, 0.2) is 47.4 Å². The van der Waals surface area contributed by atoms with Gasteiger partial charge in [0, 0.05) is 6.54 Å². The molecule has 0 heterocycles. The van der Waals surface area contributed by atoms with E-state index in [2.05, 4.69) is 4.72 Å². The van der Waals surface area contributed by atoms with Crippen LogP contribution in [0.25, 0.3) is 0 Å². The van der Waals surface area contributed by atoms with Crippen LogP contribution in [0, 0.1) is 20.8 Å². The van der Waals surface area contributed by atoms with Crippen LogP contribution >= 0.6 is 0 Å². The van der Waals surface area contributed by atoms with E-state index in [1.165, 1.54) is 0 Å². The molecule has 4 heteroatoms. The molecule has 0 fully saturated rings. The van der Waals surface area contributed by atoms with Crippen molar-refractivity contribution in [1.29, 1.82) is 0 Å². The van der Waals surface area contributed by atoms with Gasteiger partial charge in [0.05, 0.1) is 4.90 Å². The van der Waals surface area contributed by atoms with E-state index in [0.29, 0.717) is 11.4 Å². The van der Waals surface area contributed by atoms with E-state index in [4.69, 9.17) is 0 Å². The van der Waals surface area contributed by atoms with Crippen LogP contribution in [0.5, 0.6) is 0 Å². The molecule has 0 amide bonds. The third-order valence-electron chi connectivity index (χ3n) is 3.21. The zero-order valence-corrected chi connectivity index (χ0v) is 12.8. The summed E-state index contributed by atoms with van der Waals surface area (Å²) in [7, 11) is -3.47. The zero-order valence-electron chi connectivity index (χ0n) is 12.0. The van der Waals surface area contributed by atoms with E-state index in [1.54, 1.807) is 6.07 Å². The van der Waals surface area contributed by atoms with Crippen LogP contribution in [0.4, 0.5) is 0 Å². The predicted octanol–water partition coefficient (Wildman–Crippen LogP) is 3.09. The molecule has 0 bridgehead atoms. The molecule has 0 saturated carbocycles. The van der Waals surface area contributed by atoms with E-state index >= 15 is 0 Å². The van der Waals surface area contributed by atoms with Crippen molar-refractivity contribution in [2.45, 2.75) is 32.2 Å². The minimum atomic E-state index is -3.47. The fraction of sp³-hybridized carbons (Fsp3) is 0.250. The lowest BCUT2D eigenvalue weighted by atomic mass is 10.2. The maximum absolute atomic E-state index is 12.3. The molecule has 20 heavy (non-hydrogen) atoms. The van der Waals surface area contributed by atoms with Gasteiger partial charge in [0.15, 0.2) is 0 Å². The highest BCUT2D eigenvalue weighted by molar-refractivity contribution is 7.89. The van der Waals surface area contributed by atoms with Crippen LogP contribution in [0.2, 0.25) is 0 Å². The van der Waals surface area contributed by atoms with E-state index in [9.17, 15) is 8.42 Å². The van der Waals surface area contributed by atoms with Crippen LogP contribution in [0.3, 0.4) is 0 Å². The van der Waals surface area contributed by atoms with Gasteiger partial charge in [-0.2, -0.15) is 0 Å². The highest BCUT2D eigenvalue weighted by Crippen LogP contribution is 2.16. The third-order valence-corrected chi connectivity index (χ3v) is 4.77. The molecular formula is C16H19NO2S. The van der Waals surface area contributed by atoms with E-state index in [-0.39, 0.29) is 0 Å². The molecular weight excluding hydrogens is 270 g/mol. The molecule has 2 rings (SSSR count). The average Bonchev–Trinajstić information content (AvgIpc) is 2.37. The van der Waals surface area contributed by atoms with E-state index in [0.717, 1.165) is 22.3 Å². The highest BCUT2D eigenvalue weighted by Gasteiger charge is 2.16. The first-order chi connectivity index (χ1) is 9.38. The van der Waals surface area contributed by atoms with Gasteiger partial charge in [-0.05, 0) is 38.0 Å². The molecule has 0 unspecified atom stereocenters. The number of hydrogen-bond donors (Lipinski definition) is 1. The quantitative estimate of drug-likeness (QED) is 0.940. The molecule has 0 atom stereocenters. The normalized spacial score (nSPS) is 11.6. The fourth-order valence-corrected chi connectivity index (χ4v) is 3.31. The Kier molecular flexibility index (Phi) is 4.26. The number of rotatable bonds is 4. The standard InChI is InChI=1S/C16H19NO2S/c1-12-4-7-15(8-5-12)11-17-20(18,19)16-9-6-13(2)10-14(16)3/h4-10,17H,11H2,1-3H3. The number of sulfonamides is 1. The van der Waals surface area contributed by atoms with Gasteiger partial charge in [0.2, 0.25) is 10.0 Å². The molecule has 1 N–H and O–H groups in total. The van der Waals surface area contributed by atoms with Gasteiger partial charge < -0.3 is 0 Å². The van der Waals surface area contributed by atoms with Crippen LogP contribution in [-0.2, 0) is 16.6 Å². The number of aryl methyl sites for hydroxylation is 3. The summed E-state index contributed by atoms with van der Waals surface area (Å²) in [6, 6.07) is 13.2. The van der Waals surface area contributed by atoms with Crippen molar-refractivity contribution in [1.82, 2.24) is 4.72 Å². The first-order valence-electron chi connectivity index (χ1n) is 6.51. The topological polar surface area (TPSA) is 46.2 Å². The Morgan fingerprint density at radius 2 is 1.50 bits per heavy atom. The lowest BCUT2D eigenvalue weighted by Gasteiger charge is -2.10. The molecule has 106 valence electrons. The van der Waals surface area contributed by atoms with Crippen LogP contribution in [0.1, 0.15) is 22.3 Å². The Morgan fingerprint density at radius 3 is 2.10 bits per heavy atom. The molecule has 2 aromatic carbocycles. The van der Waals surface area contributed by atoms with Gasteiger partial charge in [0.1, 0.15) is 0 Å². The second-order valence-corrected chi connectivity index (χ2v) is 6.81. The Labute approximate surface area is 120 Å². The molecule has 0 aliphatic carbocycles. The first-order valence-corrected chi connectivity index (χ1v) is 7.99. The molecule has 2 aromatic rings. The summed E-state index contributed by atoms with van der Waals surface area (Å²) < 4.78 is 27.2. The Morgan fingerprint density at radius 1 is 0.900 bits per heavy atom. The zero-order chi connectivity index (χ0) is 14.8. The van der Waals surface area contributed by atoms with Crippen molar-refractivity contribution in [2.75, 3.05) is 0 Å². The monoisotopic (exact) mass is 289 g/mol. The van der Waals surface area contributed by atoms with Crippen LogP contribution in [-0.4, -0.2) is 8.42 Å². The van der Waals surface area contributed by atoms with Gasteiger partial charge in [-0.3, -0.25) is 0 Å². The van der Waals surface area contributed by atoms with Gasteiger partial charge >= 0.3 is 0 Å². The summed E-state index contributed by atoms with van der Waals surface area (Å²) in [6.07, 6.45) is 0. The summed E-state index contributed by atoms with van der Waals surface area (Å²) in [5.41, 5.74) is 3.93. The molecule has 0 radical (unpaired) electrons. The first kappa shape index (κ1) is 14.8. The van der Waals surface area contributed by atoms with Crippen molar-refractivity contribution in [3.05, 3.63) is 64.7 Å². The lowest BCUT2D eigenvalue weighted by molar-refractivity contribution is 0.580. The molecule has 0 aliphatic heterocycles. The van der Waals surface area contributed by atoms with Gasteiger partial charge in [-0.25, -0.2) is 13.1 Å². The van der Waals surface area contributed by atoms with Gasteiger partial charge in [0.25, 0.3) is 0 Å². The number of nitrogens with one attached hydrogen (secondary N) is 1. The van der Waals surface area contributed by atoms with Crippen LogP contribution < -0.4 is 4.72 Å². The summed E-state index contributed by atoms with van der Waals surface area (Å²) in [4.78, 5) is 0.343. The SMILES string of the molecule is Cc1ccc(CNS(=O)(=O)c2ccc(C)cc2C)cc1. The highest BCUT2D eigenvalue weighted by atomic mass is 32.2. The maximum atomic E-state index is 12.3. The Bertz CT molecular complexity index is 704. The fourth-order valence-electron chi connectivity index (χ4n) is 2.06. The molecule has 0 spiro atoms. The number of benzene rings is 2. The minimum absolute atomic E-state index is 0.302. The summed E-state index contributed by atoms with van der Waals surface area (Å²) >= 11 is 0. The Balaban J connectivity index is 2.17. The average molecular weight is 289 g/mol. The number of hydrogen-bond acceptors (Lipinski definition) is 2. The van der Waals surface area contributed by atoms with Crippen molar-refractivity contribution < 1.29 is 8.42 Å².